The molecule has 1 unspecified atom stereocenters. The van der Waals surface area contributed by atoms with Crippen LogP contribution < -0.4 is 4.90 Å². The predicted octanol–water partition coefficient (Wildman–Crippen LogP) is 7.21. The van der Waals surface area contributed by atoms with Crippen LogP contribution in [0.15, 0.2) is 78.5 Å². The van der Waals surface area contributed by atoms with Crippen molar-refractivity contribution < 1.29 is 14.7 Å². The number of nitrogens with zero attached hydrogens (tertiary/aromatic N) is 3. The van der Waals surface area contributed by atoms with E-state index in [2.05, 4.69) is 17.6 Å². The zero-order chi connectivity index (χ0) is 26.9. The van der Waals surface area contributed by atoms with Gasteiger partial charge in [0, 0.05) is 19.2 Å². The van der Waals surface area contributed by atoms with Crippen molar-refractivity contribution in [3.8, 4) is 11.1 Å². The molecule has 1 aliphatic heterocycles. The van der Waals surface area contributed by atoms with Crippen molar-refractivity contribution in [3.05, 3.63) is 95.5 Å². The molecule has 1 atom stereocenters. The van der Waals surface area contributed by atoms with Gasteiger partial charge in [0.15, 0.2) is 0 Å². The lowest BCUT2D eigenvalue weighted by atomic mass is 9.86. The lowest BCUT2D eigenvalue weighted by Crippen LogP contribution is -2.26. The smallest absolute Gasteiger partial charge is 0.336 e. The van der Waals surface area contributed by atoms with E-state index in [0.29, 0.717) is 12.1 Å². The molecular formula is C33H33N3O3. The molecule has 1 aliphatic carbocycles. The van der Waals surface area contributed by atoms with Crippen molar-refractivity contribution in [1.82, 2.24) is 9.55 Å². The summed E-state index contributed by atoms with van der Waals surface area (Å²) in [6, 6.07) is 21.4. The minimum absolute atomic E-state index is 0.0250. The van der Waals surface area contributed by atoms with E-state index in [1.54, 1.807) is 6.07 Å². The van der Waals surface area contributed by atoms with Gasteiger partial charge < -0.3 is 9.67 Å². The lowest BCUT2D eigenvalue weighted by Gasteiger charge is -2.20. The Bertz CT molecular complexity index is 1580. The summed E-state index contributed by atoms with van der Waals surface area (Å²) in [4.78, 5) is 32.3. The fourth-order valence-corrected chi connectivity index (χ4v) is 6.00. The highest BCUT2D eigenvalue weighted by Crippen LogP contribution is 2.38. The molecular weight excluding hydrogens is 486 g/mol. The summed E-state index contributed by atoms with van der Waals surface area (Å²) < 4.78 is 2.19. The highest BCUT2D eigenvalue weighted by Gasteiger charge is 2.35. The van der Waals surface area contributed by atoms with Gasteiger partial charge in [0.1, 0.15) is 5.82 Å². The monoisotopic (exact) mass is 519 g/mol. The Labute approximate surface area is 228 Å². The van der Waals surface area contributed by atoms with Crippen LogP contribution in [-0.4, -0.2) is 26.5 Å². The van der Waals surface area contributed by atoms with Crippen LogP contribution in [0.25, 0.3) is 22.2 Å². The summed E-state index contributed by atoms with van der Waals surface area (Å²) >= 11 is 0. The van der Waals surface area contributed by atoms with Gasteiger partial charge in [-0.05, 0) is 72.2 Å². The second-order valence-electron chi connectivity index (χ2n) is 10.7. The number of rotatable bonds is 8. The average Bonchev–Trinajstić information content (AvgIpc) is 3.49. The fraction of sp³-hybridized carbons (Fsp3) is 0.303. The number of carboxylic acid groups (broad SMARTS) is 1. The molecule has 0 radical (unpaired) electrons. The molecule has 198 valence electrons. The largest absolute Gasteiger partial charge is 0.478 e. The van der Waals surface area contributed by atoms with E-state index < -0.39 is 5.97 Å². The van der Waals surface area contributed by atoms with Crippen LogP contribution in [0.2, 0.25) is 0 Å². The molecule has 0 saturated heterocycles. The average molecular weight is 520 g/mol. The highest BCUT2D eigenvalue weighted by molar-refractivity contribution is 6.02. The first-order chi connectivity index (χ1) is 19.0. The van der Waals surface area contributed by atoms with E-state index in [9.17, 15) is 14.7 Å². The molecule has 0 spiro atoms. The summed E-state index contributed by atoms with van der Waals surface area (Å²) in [6.07, 6.45) is 9.15. The third-order valence-electron chi connectivity index (χ3n) is 8.07. The molecule has 3 aromatic carbocycles. The summed E-state index contributed by atoms with van der Waals surface area (Å²) in [5.41, 5.74) is 6.75. The molecule has 2 heterocycles. The highest BCUT2D eigenvalue weighted by atomic mass is 16.4. The molecule has 1 fully saturated rings. The van der Waals surface area contributed by atoms with Crippen molar-refractivity contribution >= 4 is 28.6 Å². The van der Waals surface area contributed by atoms with Gasteiger partial charge in [0.2, 0.25) is 5.91 Å². The maximum absolute atomic E-state index is 13.2. The normalized spacial score (nSPS) is 16.9. The maximum atomic E-state index is 13.2. The first-order valence-electron chi connectivity index (χ1n) is 14.0. The number of carbonyl (C=O) groups excluding carboxylic acids is 1. The minimum Gasteiger partial charge on any atom is -0.478 e. The van der Waals surface area contributed by atoms with Gasteiger partial charge in [-0.1, -0.05) is 62.2 Å². The Balaban J connectivity index is 1.40. The number of hydrogen-bond acceptors (Lipinski definition) is 3. The third kappa shape index (κ3) is 4.76. The van der Waals surface area contributed by atoms with Crippen LogP contribution in [0, 0.1) is 5.92 Å². The number of amides is 1. The van der Waals surface area contributed by atoms with Crippen LogP contribution >= 0.6 is 0 Å². The number of carbonyl (C=O) groups is 2. The summed E-state index contributed by atoms with van der Waals surface area (Å²) in [5, 5.41) is 10.0. The number of hydrogen-bond donors (Lipinski definition) is 1. The molecule has 1 aromatic heterocycles. The standard InChI is InChI=1S/C33H33N3O3/c1-2-3-13-31-34-29-17-15-25(35-21-24-11-7-8-12-27(24)32(35)37)19-30(29)36(31)20-22-14-16-26(28(18-22)33(38)39)23-9-5-4-6-10-23/h4-6,9-10,14-19,21,27H,2-3,7-8,11-13,20H2,1H3,(H,38,39). The zero-order valence-electron chi connectivity index (χ0n) is 22.3. The fourth-order valence-electron chi connectivity index (χ4n) is 6.00. The van der Waals surface area contributed by atoms with Gasteiger partial charge >= 0.3 is 5.97 Å². The van der Waals surface area contributed by atoms with Crippen LogP contribution in [0.3, 0.4) is 0 Å². The van der Waals surface area contributed by atoms with Gasteiger partial charge in [-0.3, -0.25) is 9.69 Å². The van der Waals surface area contributed by atoms with E-state index >= 15 is 0 Å². The number of benzene rings is 3. The molecule has 6 heteroatoms. The molecule has 6 nitrogen and oxygen atoms in total. The number of carboxylic acids is 1. The van der Waals surface area contributed by atoms with E-state index in [0.717, 1.165) is 78.6 Å². The number of imidazole rings is 1. The van der Waals surface area contributed by atoms with Crippen LogP contribution in [-0.2, 0) is 17.8 Å². The zero-order valence-corrected chi connectivity index (χ0v) is 22.3. The van der Waals surface area contributed by atoms with Gasteiger partial charge in [-0.15, -0.1) is 0 Å². The Morgan fingerprint density at radius 2 is 1.90 bits per heavy atom. The number of fused-ring (bicyclic) bond motifs is 2. The van der Waals surface area contributed by atoms with E-state index in [4.69, 9.17) is 4.98 Å². The van der Waals surface area contributed by atoms with Crippen molar-refractivity contribution in [1.29, 1.82) is 0 Å². The molecule has 39 heavy (non-hydrogen) atoms. The predicted molar refractivity (Wildman–Crippen MR) is 154 cm³/mol. The van der Waals surface area contributed by atoms with Crippen molar-refractivity contribution in [2.45, 2.75) is 58.4 Å². The summed E-state index contributed by atoms with van der Waals surface area (Å²) in [7, 11) is 0. The van der Waals surface area contributed by atoms with E-state index in [1.165, 1.54) is 5.57 Å². The topological polar surface area (TPSA) is 75.4 Å². The lowest BCUT2D eigenvalue weighted by molar-refractivity contribution is -0.120. The third-order valence-corrected chi connectivity index (χ3v) is 8.07. The van der Waals surface area contributed by atoms with Gasteiger partial charge in [-0.25, -0.2) is 9.78 Å². The maximum Gasteiger partial charge on any atom is 0.336 e. The number of anilines is 1. The van der Waals surface area contributed by atoms with Gasteiger partial charge in [-0.2, -0.15) is 0 Å². The van der Waals surface area contributed by atoms with Crippen molar-refractivity contribution in [3.63, 3.8) is 0 Å². The summed E-state index contributed by atoms with van der Waals surface area (Å²) in [6.45, 7) is 2.67. The molecule has 1 saturated carbocycles. The molecule has 1 amide bonds. The Hall–Kier alpha value is -4.19. The van der Waals surface area contributed by atoms with Gasteiger partial charge in [0.25, 0.3) is 0 Å². The molecule has 4 aromatic rings. The van der Waals surface area contributed by atoms with Crippen molar-refractivity contribution in [2.24, 2.45) is 5.92 Å². The van der Waals surface area contributed by atoms with Crippen molar-refractivity contribution in [2.75, 3.05) is 4.90 Å². The molecule has 6 rings (SSSR count). The van der Waals surface area contributed by atoms with E-state index in [1.807, 2.05) is 65.7 Å². The molecule has 1 N–H and O–H groups in total. The summed E-state index contributed by atoms with van der Waals surface area (Å²) in [5.74, 6) is 0.232. The number of aromatic nitrogens is 2. The SMILES string of the molecule is CCCCc1nc2ccc(N3C=C4CCCCC4C3=O)cc2n1Cc1ccc(-c2ccccc2)c(C(=O)O)c1. The first kappa shape index (κ1) is 25.1. The number of aryl methyl sites for hydroxylation is 1. The Kier molecular flexibility index (Phi) is 6.77. The second kappa shape index (κ2) is 10.5. The Morgan fingerprint density at radius 1 is 1.05 bits per heavy atom. The first-order valence-corrected chi connectivity index (χ1v) is 14.0. The molecule has 2 aliphatic rings. The quantitative estimate of drug-likeness (QED) is 0.267. The minimum atomic E-state index is -0.943. The molecule has 0 bridgehead atoms. The second-order valence-corrected chi connectivity index (χ2v) is 10.7. The van der Waals surface area contributed by atoms with Crippen LogP contribution in [0.1, 0.15) is 67.2 Å². The number of aromatic carboxylic acids is 1. The van der Waals surface area contributed by atoms with Gasteiger partial charge in [0.05, 0.1) is 28.2 Å². The van der Waals surface area contributed by atoms with Crippen LogP contribution in [0.4, 0.5) is 5.69 Å². The van der Waals surface area contributed by atoms with E-state index in [-0.39, 0.29) is 17.4 Å². The Morgan fingerprint density at radius 3 is 2.67 bits per heavy atom. The van der Waals surface area contributed by atoms with Crippen LogP contribution in [0.5, 0.6) is 0 Å². The number of unbranched alkanes of at least 4 members (excludes halogenated alkanes) is 1.